The van der Waals surface area contributed by atoms with Crippen LogP contribution < -0.4 is 0 Å². The molecule has 74 valence electrons. The SMILES string of the molecule is CCCc1ncc(-c2cnoc2C)s1. The molecule has 0 saturated carbocycles. The highest BCUT2D eigenvalue weighted by Gasteiger charge is 2.09. The Labute approximate surface area is 86.8 Å². The zero-order valence-corrected chi connectivity index (χ0v) is 9.10. The van der Waals surface area contributed by atoms with E-state index >= 15 is 0 Å². The summed E-state index contributed by atoms with van der Waals surface area (Å²) in [5.41, 5.74) is 1.06. The maximum Gasteiger partial charge on any atom is 0.142 e. The van der Waals surface area contributed by atoms with E-state index in [4.69, 9.17) is 4.52 Å². The monoisotopic (exact) mass is 208 g/mol. The summed E-state index contributed by atoms with van der Waals surface area (Å²) >= 11 is 1.72. The van der Waals surface area contributed by atoms with E-state index in [0.717, 1.165) is 29.0 Å². The molecular weight excluding hydrogens is 196 g/mol. The molecule has 0 aliphatic heterocycles. The van der Waals surface area contributed by atoms with Crippen LogP contribution in [-0.2, 0) is 6.42 Å². The topological polar surface area (TPSA) is 38.9 Å². The van der Waals surface area contributed by atoms with Gasteiger partial charge in [-0.05, 0) is 19.8 Å². The lowest BCUT2D eigenvalue weighted by Crippen LogP contribution is -1.76. The third-order valence-electron chi connectivity index (χ3n) is 2.03. The summed E-state index contributed by atoms with van der Waals surface area (Å²) in [5.74, 6) is 0.858. The Balaban J connectivity index is 2.29. The van der Waals surface area contributed by atoms with Crippen LogP contribution in [-0.4, -0.2) is 10.1 Å². The number of nitrogens with zero attached hydrogens (tertiary/aromatic N) is 2. The summed E-state index contributed by atoms with van der Waals surface area (Å²) in [4.78, 5) is 5.50. The quantitative estimate of drug-likeness (QED) is 0.778. The largest absolute Gasteiger partial charge is 0.361 e. The van der Waals surface area contributed by atoms with Crippen LogP contribution in [0.3, 0.4) is 0 Å². The molecule has 0 aliphatic rings. The van der Waals surface area contributed by atoms with E-state index in [9.17, 15) is 0 Å². The van der Waals surface area contributed by atoms with Crippen LogP contribution in [0.5, 0.6) is 0 Å². The molecule has 14 heavy (non-hydrogen) atoms. The number of hydrogen-bond acceptors (Lipinski definition) is 4. The molecule has 0 amide bonds. The summed E-state index contributed by atoms with van der Waals surface area (Å²) in [6, 6.07) is 0. The van der Waals surface area contributed by atoms with Gasteiger partial charge in [-0.2, -0.15) is 0 Å². The Hall–Kier alpha value is -1.16. The van der Waals surface area contributed by atoms with Crippen molar-refractivity contribution in [2.45, 2.75) is 26.7 Å². The number of aryl methyl sites for hydroxylation is 2. The molecule has 0 fully saturated rings. The zero-order valence-electron chi connectivity index (χ0n) is 8.28. The highest BCUT2D eigenvalue weighted by Crippen LogP contribution is 2.28. The predicted molar refractivity (Wildman–Crippen MR) is 56.3 cm³/mol. The Bertz CT molecular complexity index is 419. The van der Waals surface area contributed by atoms with Gasteiger partial charge in [0.25, 0.3) is 0 Å². The van der Waals surface area contributed by atoms with Crippen molar-refractivity contribution in [3.05, 3.63) is 23.2 Å². The average Bonchev–Trinajstić information content (AvgIpc) is 2.74. The number of rotatable bonds is 3. The van der Waals surface area contributed by atoms with Crippen LogP contribution >= 0.6 is 11.3 Å². The molecule has 2 aromatic heterocycles. The van der Waals surface area contributed by atoms with Crippen molar-refractivity contribution in [3.63, 3.8) is 0 Å². The molecule has 0 unspecified atom stereocenters. The first-order chi connectivity index (χ1) is 6.81. The number of thiazole rings is 1. The maximum absolute atomic E-state index is 5.02. The number of hydrogen-bond donors (Lipinski definition) is 0. The molecule has 0 aromatic carbocycles. The Morgan fingerprint density at radius 1 is 1.43 bits per heavy atom. The highest BCUT2D eigenvalue weighted by molar-refractivity contribution is 7.15. The molecule has 0 saturated heterocycles. The van der Waals surface area contributed by atoms with E-state index in [-0.39, 0.29) is 0 Å². The fourth-order valence-electron chi connectivity index (χ4n) is 1.30. The average molecular weight is 208 g/mol. The standard InChI is InChI=1S/C10H12N2OS/c1-3-4-10-11-6-9(14-10)8-5-12-13-7(8)2/h5-6H,3-4H2,1-2H3. The van der Waals surface area contributed by atoms with Crippen molar-refractivity contribution in [1.29, 1.82) is 0 Å². The minimum absolute atomic E-state index is 0.858. The van der Waals surface area contributed by atoms with E-state index in [1.165, 1.54) is 5.01 Å². The third kappa shape index (κ3) is 1.70. The van der Waals surface area contributed by atoms with Gasteiger partial charge in [0.15, 0.2) is 0 Å². The molecule has 2 aromatic rings. The second-order valence-corrected chi connectivity index (χ2v) is 4.28. The first-order valence-corrected chi connectivity index (χ1v) is 5.49. The number of aromatic nitrogens is 2. The first-order valence-electron chi connectivity index (χ1n) is 4.67. The van der Waals surface area contributed by atoms with Gasteiger partial charge in [-0.1, -0.05) is 12.1 Å². The normalized spacial score (nSPS) is 10.7. The van der Waals surface area contributed by atoms with Crippen molar-refractivity contribution < 1.29 is 4.52 Å². The summed E-state index contributed by atoms with van der Waals surface area (Å²) in [6.07, 6.45) is 5.83. The van der Waals surface area contributed by atoms with Crippen molar-refractivity contribution in [2.75, 3.05) is 0 Å². The summed E-state index contributed by atoms with van der Waals surface area (Å²) < 4.78 is 5.02. The van der Waals surface area contributed by atoms with Crippen LogP contribution in [0.4, 0.5) is 0 Å². The van der Waals surface area contributed by atoms with E-state index in [2.05, 4.69) is 17.1 Å². The van der Waals surface area contributed by atoms with Crippen molar-refractivity contribution >= 4 is 11.3 Å². The summed E-state index contributed by atoms with van der Waals surface area (Å²) in [7, 11) is 0. The van der Waals surface area contributed by atoms with Gasteiger partial charge >= 0.3 is 0 Å². The molecule has 0 aliphatic carbocycles. The molecule has 2 heterocycles. The Morgan fingerprint density at radius 2 is 2.29 bits per heavy atom. The lowest BCUT2D eigenvalue weighted by atomic mass is 10.2. The minimum Gasteiger partial charge on any atom is -0.361 e. The summed E-state index contributed by atoms with van der Waals surface area (Å²) in [5, 5.41) is 4.94. The van der Waals surface area contributed by atoms with E-state index in [1.807, 2.05) is 13.1 Å². The molecule has 2 rings (SSSR count). The molecule has 0 spiro atoms. The van der Waals surface area contributed by atoms with Gasteiger partial charge in [-0.25, -0.2) is 4.98 Å². The van der Waals surface area contributed by atoms with Crippen molar-refractivity contribution in [3.8, 4) is 10.4 Å². The lowest BCUT2D eigenvalue weighted by molar-refractivity contribution is 0.398. The van der Waals surface area contributed by atoms with E-state index < -0.39 is 0 Å². The summed E-state index contributed by atoms with van der Waals surface area (Å²) in [6.45, 7) is 4.08. The third-order valence-corrected chi connectivity index (χ3v) is 3.12. The first kappa shape index (κ1) is 9.40. The van der Waals surface area contributed by atoms with Gasteiger partial charge in [0.05, 0.1) is 21.6 Å². The van der Waals surface area contributed by atoms with Gasteiger partial charge in [0, 0.05) is 6.20 Å². The van der Waals surface area contributed by atoms with Gasteiger partial charge in [-0.3, -0.25) is 0 Å². The predicted octanol–water partition coefficient (Wildman–Crippen LogP) is 3.06. The fraction of sp³-hybridized carbons (Fsp3) is 0.400. The molecule has 0 atom stereocenters. The van der Waals surface area contributed by atoms with Crippen LogP contribution in [0, 0.1) is 6.92 Å². The van der Waals surface area contributed by atoms with Gasteiger partial charge in [0.1, 0.15) is 5.76 Å². The Morgan fingerprint density at radius 3 is 2.93 bits per heavy atom. The van der Waals surface area contributed by atoms with Gasteiger partial charge in [-0.15, -0.1) is 11.3 Å². The fourth-order valence-corrected chi connectivity index (χ4v) is 2.38. The van der Waals surface area contributed by atoms with Gasteiger partial charge < -0.3 is 4.52 Å². The molecule has 0 radical (unpaired) electrons. The Kier molecular flexibility index (Phi) is 2.63. The maximum atomic E-state index is 5.02. The van der Waals surface area contributed by atoms with Crippen LogP contribution in [0.1, 0.15) is 24.1 Å². The van der Waals surface area contributed by atoms with E-state index in [0.29, 0.717) is 0 Å². The zero-order chi connectivity index (χ0) is 9.97. The molecule has 0 N–H and O–H groups in total. The minimum atomic E-state index is 0.858. The molecule has 0 bridgehead atoms. The highest BCUT2D eigenvalue weighted by atomic mass is 32.1. The van der Waals surface area contributed by atoms with Crippen molar-refractivity contribution in [1.82, 2.24) is 10.1 Å². The van der Waals surface area contributed by atoms with E-state index in [1.54, 1.807) is 17.5 Å². The molecule has 3 nitrogen and oxygen atoms in total. The van der Waals surface area contributed by atoms with Crippen molar-refractivity contribution in [2.24, 2.45) is 0 Å². The lowest BCUT2D eigenvalue weighted by Gasteiger charge is -1.89. The molecule has 4 heteroatoms. The van der Waals surface area contributed by atoms with Crippen LogP contribution in [0.15, 0.2) is 16.9 Å². The molecular formula is C10H12N2OS. The second-order valence-electron chi connectivity index (χ2n) is 3.16. The smallest absolute Gasteiger partial charge is 0.142 e. The van der Waals surface area contributed by atoms with Crippen LogP contribution in [0.2, 0.25) is 0 Å². The second kappa shape index (κ2) is 3.92. The van der Waals surface area contributed by atoms with Gasteiger partial charge in [0.2, 0.25) is 0 Å². The van der Waals surface area contributed by atoms with Crippen LogP contribution in [0.25, 0.3) is 10.4 Å².